The number of rotatable bonds is 5. The molecule has 1 aromatic heterocycles. The highest BCUT2D eigenvalue weighted by molar-refractivity contribution is 5.92. The van der Waals surface area contributed by atoms with Gasteiger partial charge in [-0.2, -0.15) is 0 Å². The Morgan fingerprint density at radius 1 is 0.923 bits per heavy atom. The quantitative estimate of drug-likeness (QED) is 0.731. The molecule has 0 aliphatic heterocycles. The van der Waals surface area contributed by atoms with Crippen molar-refractivity contribution < 1.29 is 4.79 Å². The molecule has 0 aliphatic carbocycles. The Hall–Kier alpha value is -3.21. The Labute approximate surface area is 153 Å². The van der Waals surface area contributed by atoms with Crippen LogP contribution in [0, 0.1) is 20.8 Å². The third kappa shape index (κ3) is 4.06. The zero-order valence-corrected chi connectivity index (χ0v) is 15.2. The van der Waals surface area contributed by atoms with Crippen molar-refractivity contribution in [2.24, 2.45) is 0 Å². The van der Waals surface area contributed by atoms with E-state index in [-0.39, 0.29) is 5.91 Å². The number of hydrogen-bond donors (Lipinski definition) is 2. The van der Waals surface area contributed by atoms with Gasteiger partial charge in [0.2, 0.25) is 0 Å². The van der Waals surface area contributed by atoms with Crippen LogP contribution in [0.15, 0.2) is 54.9 Å². The van der Waals surface area contributed by atoms with Crippen molar-refractivity contribution in [2.45, 2.75) is 27.3 Å². The minimum absolute atomic E-state index is 0.237. The van der Waals surface area contributed by atoms with E-state index in [1.807, 2.05) is 43.3 Å². The summed E-state index contributed by atoms with van der Waals surface area (Å²) < 4.78 is 0. The lowest BCUT2D eigenvalue weighted by atomic mass is 10.1. The first kappa shape index (κ1) is 17.6. The summed E-state index contributed by atoms with van der Waals surface area (Å²) >= 11 is 0. The van der Waals surface area contributed by atoms with Crippen molar-refractivity contribution >= 4 is 17.4 Å². The molecule has 0 atom stereocenters. The molecular formula is C21H22N4O. The summed E-state index contributed by atoms with van der Waals surface area (Å²) in [7, 11) is 0. The summed E-state index contributed by atoms with van der Waals surface area (Å²) in [4.78, 5) is 20.8. The minimum Gasteiger partial charge on any atom is -0.347 e. The van der Waals surface area contributed by atoms with E-state index in [0.29, 0.717) is 18.1 Å². The molecule has 132 valence electrons. The van der Waals surface area contributed by atoms with Gasteiger partial charge in [0.05, 0.1) is 12.4 Å². The highest BCUT2D eigenvalue weighted by Crippen LogP contribution is 2.21. The lowest BCUT2D eigenvalue weighted by Gasteiger charge is -2.11. The monoisotopic (exact) mass is 346 g/mol. The molecule has 5 heteroatoms. The number of carbonyl (C=O) groups is 1. The topological polar surface area (TPSA) is 66.9 Å². The number of carbonyl (C=O) groups excluding carboxylic acids is 1. The number of hydrogen-bond acceptors (Lipinski definition) is 4. The molecule has 0 radical (unpaired) electrons. The lowest BCUT2D eigenvalue weighted by Crippen LogP contribution is -2.24. The Morgan fingerprint density at radius 3 is 2.42 bits per heavy atom. The van der Waals surface area contributed by atoms with Crippen molar-refractivity contribution in [1.29, 1.82) is 0 Å². The molecule has 5 nitrogen and oxygen atoms in total. The molecule has 0 unspecified atom stereocenters. The van der Waals surface area contributed by atoms with E-state index in [2.05, 4.69) is 40.5 Å². The molecule has 1 amide bonds. The summed E-state index contributed by atoms with van der Waals surface area (Å²) in [6.07, 6.45) is 3.06. The van der Waals surface area contributed by atoms with Crippen LogP contribution in [0.3, 0.4) is 0 Å². The second-order valence-electron chi connectivity index (χ2n) is 6.27. The van der Waals surface area contributed by atoms with Crippen LogP contribution in [0.4, 0.5) is 11.5 Å². The van der Waals surface area contributed by atoms with E-state index in [1.54, 1.807) is 6.20 Å². The van der Waals surface area contributed by atoms with Gasteiger partial charge in [-0.1, -0.05) is 36.4 Å². The minimum atomic E-state index is -0.237. The van der Waals surface area contributed by atoms with Gasteiger partial charge in [-0.25, -0.2) is 9.97 Å². The van der Waals surface area contributed by atoms with Gasteiger partial charge in [0.15, 0.2) is 0 Å². The number of nitrogens with one attached hydrogen (secondary N) is 2. The summed E-state index contributed by atoms with van der Waals surface area (Å²) in [6, 6.07) is 14.0. The highest BCUT2D eigenvalue weighted by Gasteiger charge is 2.09. The van der Waals surface area contributed by atoms with Crippen LogP contribution < -0.4 is 10.6 Å². The molecule has 0 saturated heterocycles. The van der Waals surface area contributed by atoms with Gasteiger partial charge < -0.3 is 10.6 Å². The van der Waals surface area contributed by atoms with Gasteiger partial charge in [-0.05, 0) is 49.1 Å². The van der Waals surface area contributed by atoms with E-state index >= 15 is 0 Å². The maximum Gasteiger partial charge on any atom is 0.271 e. The van der Waals surface area contributed by atoms with Crippen molar-refractivity contribution in [3.63, 3.8) is 0 Å². The van der Waals surface area contributed by atoms with Crippen molar-refractivity contribution in [3.8, 4) is 0 Å². The number of nitrogens with zero attached hydrogens (tertiary/aromatic N) is 2. The normalized spacial score (nSPS) is 10.4. The Balaban J connectivity index is 1.64. The summed E-state index contributed by atoms with van der Waals surface area (Å²) in [5.74, 6) is 0.369. The SMILES string of the molecule is Cc1ccccc1CNC(=O)c1cnc(Nc2cccc(C)c2C)cn1. The average molecular weight is 346 g/mol. The molecule has 1 heterocycles. The Bertz CT molecular complexity index is 920. The molecule has 2 N–H and O–H groups in total. The summed E-state index contributed by atoms with van der Waals surface area (Å²) in [5.41, 5.74) is 5.87. The van der Waals surface area contributed by atoms with Crippen LogP contribution in [0.2, 0.25) is 0 Å². The van der Waals surface area contributed by atoms with Crippen LogP contribution in [0.1, 0.15) is 32.7 Å². The maximum atomic E-state index is 12.3. The fourth-order valence-electron chi connectivity index (χ4n) is 2.61. The fraction of sp³-hybridized carbons (Fsp3) is 0.190. The third-order valence-corrected chi connectivity index (χ3v) is 4.45. The van der Waals surface area contributed by atoms with Crippen LogP contribution >= 0.6 is 0 Å². The zero-order valence-electron chi connectivity index (χ0n) is 15.2. The number of aromatic nitrogens is 2. The van der Waals surface area contributed by atoms with Gasteiger partial charge in [-0.3, -0.25) is 4.79 Å². The standard InChI is InChI=1S/C21H22N4O/c1-14-8-6-10-18(16(14)3)25-20-13-22-19(12-23-20)21(26)24-11-17-9-5-4-7-15(17)2/h4-10,12-13H,11H2,1-3H3,(H,23,25)(H,24,26). The fourth-order valence-corrected chi connectivity index (χ4v) is 2.61. The van der Waals surface area contributed by atoms with E-state index in [0.717, 1.165) is 22.4 Å². The van der Waals surface area contributed by atoms with Gasteiger partial charge >= 0.3 is 0 Å². The van der Waals surface area contributed by atoms with Crippen LogP contribution in [-0.2, 0) is 6.54 Å². The zero-order chi connectivity index (χ0) is 18.5. The van der Waals surface area contributed by atoms with Crippen LogP contribution in [0.5, 0.6) is 0 Å². The van der Waals surface area contributed by atoms with Gasteiger partial charge in [0.1, 0.15) is 11.5 Å². The second kappa shape index (κ2) is 7.78. The smallest absolute Gasteiger partial charge is 0.271 e. The van der Waals surface area contributed by atoms with Crippen molar-refractivity contribution in [1.82, 2.24) is 15.3 Å². The number of amides is 1. The molecule has 3 aromatic rings. The van der Waals surface area contributed by atoms with Crippen molar-refractivity contribution in [3.05, 3.63) is 82.8 Å². The lowest BCUT2D eigenvalue weighted by molar-refractivity contribution is 0.0945. The Morgan fingerprint density at radius 2 is 1.69 bits per heavy atom. The largest absolute Gasteiger partial charge is 0.347 e. The number of anilines is 2. The molecule has 0 aliphatic rings. The second-order valence-corrected chi connectivity index (χ2v) is 6.27. The molecule has 0 fully saturated rings. The highest BCUT2D eigenvalue weighted by atomic mass is 16.1. The Kier molecular flexibility index (Phi) is 5.27. The molecule has 0 saturated carbocycles. The average Bonchev–Trinajstić information content (AvgIpc) is 2.65. The first-order valence-corrected chi connectivity index (χ1v) is 8.52. The predicted octanol–water partition coefficient (Wildman–Crippen LogP) is 4.08. The van der Waals surface area contributed by atoms with Gasteiger partial charge in [0.25, 0.3) is 5.91 Å². The van der Waals surface area contributed by atoms with Crippen molar-refractivity contribution in [2.75, 3.05) is 5.32 Å². The molecule has 2 aromatic carbocycles. The molecule has 3 rings (SSSR count). The molecule has 0 bridgehead atoms. The maximum absolute atomic E-state index is 12.3. The molecular weight excluding hydrogens is 324 g/mol. The van der Waals surface area contributed by atoms with E-state index in [9.17, 15) is 4.79 Å². The summed E-state index contributed by atoms with van der Waals surface area (Å²) in [5, 5.41) is 6.12. The molecule has 0 spiro atoms. The summed E-state index contributed by atoms with van der Waals surface area (Å²) in [6.45, 7) is 6.61. The van der Waals surface area contributed by atoms with Crippen LogP contribution in [0.25, 0.3) is 0 Å². The molecule has 26 heavy (non-hydrogen) atoms. The first-order chi connectivity index (χ1) is 12.5. The number of aryl methyl sites for hydroxylation is 2. The van der Waals surface area contributed by atoms with E-state index in [4.69, 9.17) is 0 Å². The van der Waals surface area contributed by atoms with Gasteiger partial charge in [-0.15, -0.1) is 0 Å². The van der Waals surface area contributed by atoms with Gasteiger partial charge in [0, 0.05) is 12.2 Å². The van der Waals surface area contributed by atoms with Crippen LogP contribution in [-0.4, -0.2) is 15.9 Å². The first-order valence-electron chi connectivity index (χ1n) is 8.52. The number of benzene rings is 2. The predicted molar refractivity (Wildman–Crippen MR) is 104 cm³/mol. The third-order valence-electron chi connectivity index (χ3n) is 4.45. The van der Waals surface area contributed by atoms with E-state index < -0.39 is 0 Å². The van der Waals surface area contributed by atoms with E-state index in [1.165, 1.54) is 11.8 Å².